The fourth-order valence-electron chi connectivity index (χ4n) is 4.29. The third kappa shape index (κ3) is 4.84. The second kappa shape index (κ2) is 9.10. The van der Waals surface area contributed by atoms with Crippen LogP contribution in [0.25, 0.3) is 0 Å². The SMILES string of the molecule is Cc1cc2c(cc1F)CC[C@@H]([C@H](O)C(C)NC[C@@H](O)[C@H]1CCc3cc(F)ccc3O1)O2. The average Bonchev–Trinajstić information content (AvgIpc) is 2.76. The number of fused-ring (bicyclic) bond motifs is 2. The van der Waals surface area contributed by atoms with Crippen molar-refractivity contribution in [3.8, 4) is 11.5 Å². The van der Waals surface area contributed by atoms with Gasteiger partial charge in [0, 0.05) is 12.6 Å². The number of rotatable bonds is 6. The van der Waals surface area contributed by atoms with E-state index in [0.29, 0.717) is 42.7 Å². The summed E-state index contributed by atoms with van der Waals surface area (Å²) in [6.07, 6.45) is 0.0873. The third-order valence-corrected chi connectivity index (χ3v) is 6.29. The summed E-state index contributed by atoms with van der Waals surface area (Å²) in [5, 5.41) is 24.5. The Hall–Kier alpha value is -2.22. The molecule has 0 aromatic heterocycles. The zero-order valence-electron chi connectivity index (χ0n) is 17.8. The Kier molecular flexibility index (Phi) is 6.46. The molecule has 0 fully saturated rings. The lowest BCUT2D eigenvalue weighted by atomic mass is 9.95. The van der Waals surface area contributed by atoms with Crippen molar-refractivity contribution in [2.75, 3.05) is 6.54 Å². The first-order valence-corrected chi connectivity index (χ1v) is 10.8. The molecule has 5 nitrogen and oxygen atoms in total. The molecule has 2 aromatic rings. The van der Waals surface area contributed by atoms with Gasteiger partial charge in [0.15, 0.2) is 0 Å². The van der Waals surface area contributed by atoms with Gasteiger partial charge in [-0.2, -0.15) is 0 Å². The van der Waals surface area contributed by atoms with Gasteiger partial charge in [-0.15, -0.1) is 0 Å². The van der Waals surface area contributed by atoms with Crippen LogP contribution in [0.15, 0.2) is 30.3 Å². The van der Waals surface area contributed by atoms with Gasteiger partial charge in [0.25, 0.3) is 0 Å². The van der Waals surface area contributed by atoms with Crippen molar-refractivity contribution in [3.05, 3.63) is 58.7 Å². The van der Waals surface area contributed by atoms with E-state index in [2.05, 4.69) is 5.32 Å². The Morgan fingerprint density at radius 2 is 1.68 bits per heavy atom. The number of benzene rings is 2. The smallest absolute Gasteiger partial charge is 0.126 e. The number of halogens is 2. The highest BCUT2D eigenvalue weighted by molar-refractivity contribution is 5.40. The van der Waals surface area contributed by atoms with E-state index < -0.39 is 24.4 Å². The fraction of sp³-hybridized carbons (Fsp3) is 0.500. The highest BCUT2D eigenvalue weighted by Gasteiger charge is 2.32. The van der Waals surface area contributed by atoms with Gasteiger partial charge in [-0.25, -0.2) is 8.78 Å². The highest BCUT2D eigenvalue weighted by Crippen LogP contribution is 2.32. The summed E-state index contributed by atoms with van der Waals surface area (Å²) in [5.41, 5.74) is 2.14. The van der Waals surface area contributed by atoms with Crippen LogP contribution >= 0.6 is 0 Å². The van der Waals surface area contributed by atoms with Gasteiger partial charge in [-0.3, -0.25) is 0 Å². The van der Waals surface area contributed by atoms with Crippen LogP contribution in [-0.4, -0.2) is 47.2 Å². The summed E-state index contributed by atoms with van der Waals surface area (Å²) in [7, 11) is 0. The van der Waals surface area contributed by atoms with E-state index in [1.165, 1.54) is 18.2 Å². The summed E-state index contributed by atoms with van der Waals surface area (Å²) in [5.74, 6) is 0.680. The molecule has 2 aliphatic rings. The largest absolute Gasteiger partial charge is 0.487 e. The standard InChI is InChI=1S/C24H29F2NO4/c1-13-9-23-16(11-18(13)26)4-7-22(31-23)24(29)14(2)27-12-19(28)21-6-3-15-10-17(25)5-8-20(15)30-21/h5,8-11,14,19,21-22,24,27-29H,3-4,6-7,12H2,1-2H3/t14?,19-,21-,22+,24-/m1/s1. The lowest BCUT2D eigenvalue weighted by molar-refractivity contribution is -0.00750. The minimum Gasteiger partial charge on any atom is -0.487 e. The average molecular weight is 433 g/mol. The Balaban J connectivity index is 1.30. The molecule has 1 unspecified atom stereocenters. The Bertz CT molecular complexity index is 938. The number of hydrogen-bond acceptors (Lipinski definition) is 5. The van der Waals surface area contributed by atoms with E-state index in [4.69, 9.17) is 9.47 Å². The number of aliphatic hydroxyl groups excluding tert-OH is 2. The van der Waals surface area contributed by atoms with Crippen molar-refractivity contribution < 1.29 is 28.5 Å². The number of aliphatic hydroxyl groups is 2. The first-order valence-electron chi connectivity index (χ1n) is 10.8. The minimum atomic E-state index is -0.790. The molecule has 0 spiro atoms. The van der Waals surface area contributed by atoms with Crippen molar-refractivity contribution in [1.29, 1.82) is 0 Å². The quantitative estimate of drug-likeness (QED) is 0.653. The molecule has 5 atom stereocenters. The first kappa shape index (κ1) is 22.0. The summed E-state index contributed by atoms with van der Waals surface area (Å²) in [4.78, 5) is 0. The zero-order valence-corrected chi connectivity index (χ0v) is 17.8. The minimum absolute atomic E-state index is 0.243. The normalized spacial score (nSPS) is 23.0. The topological polar surface area (TPSA) is 71.0 Å². The van der Waals surface area contributed by atoms with Gasteiger partial charge in [-0.05, 0) is 86.6 Å². The maximum absolute atomic E-state index is 13.8. The predicted octanol–water partition coefficient (Wildman–Crippen LogP) is 3.06. The fourth-order valence-corrected chi connectivity index (χ4v) is 4.29. The van der Waals surface area contributed by atoms with Gasteiger partial charge in [0.1, 0.15) is 47.5 Å². The highest BCUT2D eigenvalue weighted by atomic mass is 19.1. The van der Waals surface area contributed by atoms with Crippen LogP contribution in [0.2, 0.25) is 0 Å². The number of hydrogen-bond donors (Lipinski definition) is 3. The molecule has 0 amide bonds. The van der Waals surface area contributed by atoms with Crippen molar-refractivity contribution in [2.45, 2.75) is 70.0 Å². The molecule has 2 aliphatic heterocycles. The molecule has 2 heterocycles. The van der Waals surface area contributed by atoms with Crippen molar-refractivity contribution in [1.82, 2.24) is 5.32 Å². The Labute approximate surface area is 181 Å². The number of ether oxygens (including phenoxy) is 2. The molecule has 0 aliphatic carbocycles. The molecule has 168 valence electrons. The summed E-state index contributed by atoms with van der Waals surface area (Å²) >= 11 is 0. The first-order chi connectivity index (χ1) is 14.8. The molecular formula is C24H29F2NO4. The molecule has 0 saturated heterocycles. The molecular weight excluding hydrogens is 404 g/mol. The molecule has 0 bridgehead atoms. The molecule has 4 rings (SSSR count). The lowest BCUT2D eigenvalue weighted by Gasteiger charge is -2.34. The Morgan fingerprint density at radius 3 is 2.45 bits per heavy atom. The van der Waals surface area contributed by atoms with E-state index >= 15 is 0 Å². The zero-order chi connectivity index (χ0) is 22.1. The van der Waals surface area contributed by atoms with Gasteiger partial charge in [-0.1, -0.05) is 0 Å². The third-order valence-electron chi connectivity index (χ3n) is 6.29. The summed E-state index contributed by atoms with van der Waals surface area (Å²) < 4.78 is 38.9. The van der Waals surface area contributed by atoms with Gasteiger partial charge < -0.3 is 25.0 Å². The van der Waals surface area contributed by atoms with Crippen LogP contribution in [0, 0.1) is 18.6 Å². The second-order valence-electron chi connectivity index (χ2n) is 8.61. The molecule has 7 heteroatoms. The molecule has 2 aromatic carbocycles. The van der Waals surface area contributed by atoms with Crippen molar-refractivity contribution >= 4 is 0 Å². The van der Waals surface area contributed by atoms with E-state index in [0.717, 1.165) is 11.1 Å². The van der Waals surface area contributed by atoms with Crippen LogP contribution in [-0.2, 0) is 12.8 Å². The van der Waals surface area contributed by atoms with E-state index in [-0.39, 0.29) is 24.2 Å². The Morgan fingerprint density at radius 1 is 1.00 bits per heavy atom. The van der Waals surface area contributed by atoms with Gasteiger partial charge >= 0.3 is 0 Å². The maximum atomic E-state index is 13.8. The van der Waals surface area contributed by atoms with E-state index in [1.54, 1.807) is 19.1 Å². The lowest BCUT2D eigenvalue weighted by Crippen LogP contribution is -2.51. The van der Waals surface area contributed by atoms with Crippen LogP contribution in [0.5, 0.6) is 11.5 Å². The van der Waals surface area contributed by atoms with Crippen molar-refractivity contribution in [3.63, 3.8) is 0 Å². The van der Waals surface area contributed by atoms with Crippen molar-refractivity contribution in [2.24, 2.45) is 0 Å². The second-order valence-corrected chi connectivity index (χ2v) is 8.61. The number of aryl methyl sites for hydroxylation is 3. The molecule has 0 saturated carbocycles. The monoisotopic (exact) mass is 433 g/mol. The van der Waals surface area contributed by atoms with Crippen LogP contribution in [0.1, 0.15) is 36.5 Å². The molecule has 3 N–H and O–H groups in total. The van der Waals surface area contributed by atoms with Crippen LogP contribution < -0.4 is 14.8 Å². The number of nitrogens with one attached hydrogen (secondary N) is 1. The van der Waals surface area contributed by atoms with Gasteiger partial charge in [0.05, 0.1) is 0 Å². The summed E-state index contributed by atoms with van der Waals surface area (Å²) in [6.45, 7) is 3.77. The van der Waals surface area contributed by atoms with E-state index in [9.17, 15) is 19.0 Å². The predicted molar refractivity (Wildman–Crippen MR) is 112 cm³/mol. The van der Waals surface area contributed by atoms with Crippen LogP contribution in [0.3, 0.4) is 0 Å². The van der Waals surface area contributed by atoms with E-state index in [1.807, 2.05) is 6.92 Å². The van der Waals surface area contributed by atoms with Gasteiger partial charge in [0.2, 0.25) is 0 Å². The molecule has 0 radical (unpaired) electrons. The maximum Gasteiger partial charge on any atom is 0.126 e. The molecule has 31 heavy (non-hydrogen) atoms. The van der Waals surface area contributed by atoms with Crippen LogP contribution in [0.4, 0.5) is 8.78 Å². The summed E-state index contributed by atoms with van der Waals surface area (Å²) in [6, 6.07) is 7.26.